The summed E-state index contributed by atoms with van der Waals surface area (Å²) in [4.78, 5) is 13.8. The third-order valence-electron chi connectivity index (χ3n) is 2.02. The van der Waals surface area contributed by atoms with Crippen LogP contribution >= 0.6 is 0 Å². The highest BCUT2D eigenvalue weighted by atomic mass is 32.2. The second-order valence-corrected chi connectivity index (χ2v) is 5.15. The van der Waals surface area contributed by atoms with Crippen LogP contribution in [0.4, 0.5) is 0 Å². The Kier molecular flexibility index (Phi) is 4.76. The van der Waals surface area contributed by atoms with Crippen LogP contribution in [-0.4, -0.2) is 31.0 Å². The quantitative estimate of drug-likeness (QED) is 0.706. The Labute approximate surface area is 104 Å². The van der Waals surface area contributed by atoms with Crippen molar-refractivity contribution in [3.63, 3.8) is 0 Å². The Balaban J connectivity index is 2.63. The molecule has 0 radical (unpaired) electrons. The summed E-state index contributed by atoms with van der Waals surface area (Å²) in [5.41, 5.74) is 0.125. The number of pyridine rings is 1. The zero-order chi connectivity index (χ0) is 13.6. The molecule has 7 nitrogen and oxygen atoms in total. The molecule has 0 aliphatic heterocycles. The summed E-state index contributed by atoms with van der Waals surface area (Å²) in [6.07, 6.45) is 1.19. The Morgan fingerprint density at radius 1 is 1.50 bits per heavy atom. The van der Waals surface area contributed by atoms with E-state index >= 15 is 0 Å². The predicted octanol–water partition coefficient (Wildman–Crippen LogP) is 0.0964. The average Bonchev–Trinajstić information content (AvgIpc) is 2.34. The Morgan fingerprint density at radius 2 is 2.22 bits per heavy atom. The topological polar surface area (TPSA) is 120 Å². The van der Waals surface area contributed by atoms with Gasteiger partial charge in [-0.2, -0.15) is 5.26 Å². The molecule has 8 heteroatoms. The largest absolute Gasteiger partial charge is 0.481 e. The standard InChI is InChI=1S/C10H11N3O4S/c11-6-8-3-4-9(7-12-8)18(16,17)13-5-1-2-10(14)15/h3-4,7,13H,1-2,5H2,(H,14,15). The fourth-order valence-corrected chi connectivity index (χ4v) is 2.15. The van der Waals surface area contributed by atoms with Gasteiger partial charge < -0.3 is 5.11 Å². The number of rotatable bonds is 6. The highest BCUT2D eigenvalue weighted by Gasteiger charge is 2.13. The molecule has 1 heterocycles. The summed E-state index contributed by atoms with van der Waals surface area (Å²) >= 11 is 0. The van der Waals surface area contributed by atoms with E-state index in [-0.39, 0.29) is 30.0 Å². The van der Waals surface area contributed by atoms with Gasteiger partial charge in [0.15, 0.2) is 0 Å². The van der Waals surface area contributed by atoms with E-state index in [1.54, 1.807) is 6.07 Å². The van der Waals surface area contributed by atoms with Crippen molar-refractivity contribution in [1.82, 2.24) is 9.71 Å². The smallest absolute Gasteiger partial charge is 0.303 e. The minimum atomic E-state index is -3.70. The van der Waals surface area contributed by atoms with Crippen LogP contribution in [0.5, 0.6) is 0 Å². The number of carbonyl (C=O) groups is 1. The molecular weight excluding hydrogens is 258 g/mol. The molecule has 18 heavy (non-hydrogen) atoms. The molecule has 0 saturated heterocycles. The molecule has 0 fully saturated rings. The highest BCUT2D eigenvalue weighted by molar-refractivity contribution is 7.89. The molecular formula is C10H11N3O4S. The first-order valence-corrected chi connectivity index (χ1v) is 6.51. The van der Waals surface area contributed by atoms with E-state index in [4.69, 9.17) is 10.4 Å². The SMILES string of the molecule is N#Cc1ccc(S(=O)(=O)NCCCC(=O)O)cn1. The van der Waals surface area contributed by atoms with Gasteiger partial charge in [0.05, 0.1) is 0 Å². The van der Waals surface area contributed by atoms with Gasteiger partial charge in [-0.15, -0.1) is 0 Å². The summed E-state index contributed by atoms with van der Waals surface area (Å²) in [6, 6.07) is 4.35. The van der Waals surface area contributed by atoms with Gasteiger partial charge in [0.25, 0.3) is 0 Å². The van der Waals surface area contributed by atoms with Crippen LogP contribution in [-0.2, 0) is 14.8 Å². The molecule has 0 saturated carbocycles. The third kappa shape index (κ3) is 4.12. The third-order valence-corrected chi connectivity index (χ3v) is 3.47. The Morgan fingerprint density at radius 3 is 2.72 bits per heavy atom. The van der Waals surface area contributed by atoms with Gasteiger partial charge in [-0.05, 0) is 18.6 Å². The lowest BCUT2D eigenvalue weighted by molar-refractivity contribution is -0.137. The number of nitriles is 1. The van der Waals surface area contributed by atoms with Crippen molar-refractivity contribution in [3.8, 4) is 6.07 Å². The van der Waals surface area contributed by atoms with E-state index in [9.17, 15) is 13.2 Å². The minimum Gasteiger partial charge on any atom is -0.481 e. The van der Waals surface area contributed by atoms with E-state index < -0.39 is 16.0 Å². The maximum atomic E-state index is 11.7. The molecule has 0 aliphatic carbocycles. The van der Waals surface area contributed by atoms with Crippen molar-refractivity contribution in [2.45, 2.75) is 17.7 Å². The zero-order valence-electron chi connectivity index (χ0n) is 9.33. The highest BCUT2D eigenvalue weighted by Crippen LogP contribution is 2.07. The average molecular weight is 269 g/mol. The van der Waals surface area contributed by atoms with Gasteiger partial charge in [-0.25, -0.2) is 18.1 Å². The summed E-state index contributed by atoms with van der Waals surface area (Å²) < 4.78 is 25.6. The van der Waals surface area contributed by atoms with Crippen LogP contribution in [0, 0.1) is 11.3 Å². The van der Waals surface area contributed by atoms with Crippen LogP contribution in [0.1, 0.15) is 18.5 Å². The predicted molar refractivity (Wildman–Crippen MR) is 61.0 cm³/mol. The van der Waals surface area contributed by atoms with Crippen LogP contribution in [0.15, 0.2) is 23.2 Å². The van der Waals surface area contributed by atoms with E-state index in [1.807, 2.05) is 0 Å². The zero-order valence-corrected chi connectivity index (χ0v) is 10.1. The van der Waals surface area contributed by atoms with Crippen molar-refractivity contribution < 1.29 is 18.3 Å². The van der Waals surface area contributed by atoms with E-state index in [2.05, 4.69) is 9.71 Å². The molecule has 96 valence electrons. The first-order chi connectivity index (χ1) is 8.45. The summed E-state index contributed by atoms with van der Waals surface area (Å²) in [5.74, 6) is -0.978. The maximum absolute atomic E-state index is 11.7. The number of nitrogens with zero attached hydrogens (tertiary/aromatic N) is 2. The summed E-state index contributed by atoms with van der Waals surface area (Å²) in [5, 5.41) is 16.9. The number of hydrogen-bond donors (Lipinski definition) is 2. The molecule has 0 aliphatic rings. The molecule has 2 N–H and O–H groups in total. The molecule has 0 atom stereocenters. The van der Waals surface area contributed by atoms with Crippen LogP contribution in [0.25, 0.3) is 0 Å². The molecule has 0 amide bonds. The number of aliphatic carboxylic acids is 1. The first kappa shape index (κ1) is 14.1. The number of carboxylic acid groups (broad SMARTS) is 1. The number of aromatic nitrogens is 1. The van der Waals surface area contributed by atoms with Gasteiger partial charge in [-0.1, -0.05) is 0 Å². The Hall–Kier alpha value is -1.98. The number of carboxylic acids is 1. The maximum Gasteiger partial charge on any atom is 0.303 e. The number of nitrogens with one attached hydrogen (secondary N) is 1. The molecule has 0 bridgehead atoms. The van der Waals surface area contributed by atoms with Gasteiger partial charge >= 0.3 is 5.97 Å². The fourth-order valence-electron chi connectivity index (χ4n) is 1.13. The normalized spacial score (nSPS) is 10.8. The van der Waals surface area contributed by atoms with Crippen LogP contribution < -0.4 is 4.72 Å². The van der Waals surface area contributed by atoms with Gasteiger partial charge in [0, 0.05) is 19.2 Å². The van der Waals surface area contributed by atoms with Crippen molar-refractivity contribution in [2.75, 3.05) is 6.54 Å². The van der Waals surface area contributed by atoms with E-state index in [1.165, 1.54) is 12.1 Å². The molecule has 0 aromatic carbocycles. The second-order valence-electron chi connectivity index (χ2n) is 3.39. The van der Waals surface area contributed by atoms with Crippen molar-refractivity contribution in [1.29, 1.82) is 5.26 Å². The number of hydrogen-bond acceptors (Lipinski definition) is 5. The van der Waals surface area contributed by atoms with Gasteiger partial charge in [0.1, 0.15) is 16.7 Å². The first-order valence-electron chi connectivity index (χ1n) is 5.03. The molecule has 0 spiro atoms. The van der Waals surface area contributed by atoms with E-state index in [0.29, 0.717) is 0 Å². The van der Waals surface area contributed by atoms with Crippen molar-refractivity contribution in [3.05, 3.63) is 24.0 Å². The lowest BCUT2D eigenvalue weighted by Crippen LogP contribution is -2.25. The monoisotopic (exact) mass is 269 g/mol. The van der Waals surface area contributed by atoms with Crippen LogP contribution in [0.2, 0.25) is 0 Å². The molecule has 1 aromatic rings. The minimum absolute atomic E-state index is 0.0363. The lowest BCUT2D eigenvalue weighted by Gasteiger charge is -2.05. The fraction of sp³-hybridized carbons (Fsp3) is 0.300. The molecule has 0 unspecified atom stereocenters. The number of sulfonamides is 1. The van der Waals surface area contributed by atoms with Crippen LogP contribution in [0.3, 0.4) is 0 Å². The van der Waals surface area contributed by atoms with Gasteiger partial charge in [-0.3, -0.25) is 4.79 Å². The second kappa shape index (κ2) is 6.09. The van der Waals surface area contributed by atoms with Gasteiger partial charge in [0.2, 0.25) is 10.0 Å². The van der Waals surface area contributed by atoms with Crippen molar-refractivity contribution in [2.24, 2.45) is 0 Å². The van der Waals surface area contributed by atoms with E-state index in [0.717, 1.165) is 6.20 Å². The summed E-state index contributed by atoms with van der Waals surface area (Å²) in [6.45, 7) is 0.0363. The lowest BCUT2D eigenvalue weighted by atomic mass is 10.3. The Bertz CT molecular complexity index is 560. The molecule has 1 aromatic heterocycles. The molecule has 1 rings (SSSR count). The summed E-state index contributed by atoms with van der Waals surface area (Å²) in [7, 11) is -3.70. The van der Waals surface area contributed by atoms with Crippen molar-refractivity contribution >= 4 is 16.0 Å².